The van der Waals surface area contributed by atoms with Crippen LogP contribution in [0, 0.1) is 17.8 Å². The van der Waals surface area contributed by atoms with E-state index in [1.54, 1.807) is 0 Å². The molecule has 0 aromatic heterocycles. The predicted octanol–water partition coefficient (Wildman–Crippen LogP) is 6.11. The molecule has 0 radical (unpaired) electrons. The SMILES string of the molecule is O=C(Nc1cccc2ccccc12)C1[C@H]2CC/C=C\CC/C=C\CC[C@H]12. The van der Waals surface area contributed by atoms with Crippen molar-refractivity contribution in [3.05, 3.63) is 66.8 Å². The Bertz CT molecular complexity index is 806. The lowest BCUT2D eigenvalue weighted by atomic mass is 10.1. The van der Waals surface area contributed by atoms with Gasteiger partial charge >= 0.3 is 0 Å². The minimum absolute atomic E-state index is 0.177. The normalized spacial score (nSPS) is 28.2. The van der Waals surface area contributed by atoms with Crippen molar-refractivity contribution in [1.29, 1.82) is 0 Å². The number of hydrogen-bond donors (Lipinski definition) is 1. The van der Waals surface area contributed by atoms with Gasteiger partial charge in [-0.15, -0.1) is 0 Å². The summed E-state index contributed by atoms with van der Waals surface area (Å²) in [5.41, 5.74) is 0.940. The first-order valence-electron chi connectivity index (χ1n) is 9.93. The van der Waals surface area contributed by atoms with E-state index in [4.69, 9.17) is 0 Å². The maximum absolute atomic E-state index is 13.0. The number of amides is 1. The first-order chi connectivity index (χ1) is 12.8. The summed E-state index contributed by atoms with van der Waals surface area (Å²) in [5, 5.41) is 5.51. The van der Waals surface area contributed by atoms with Crippen molar-refractivity contribution in [1.82, 2.24) is 0 Å². The molecule has 2 heteroatoms. The highest BCUT2D eigenvalue weighted by Crippen LogP contribution is 2.52. The third kappa shape index (κ3) is 3.75. The molecule has 2 aromatic carbocycles. The molecule has 2 aromatic rings. The van der Waals surface area contributed by atoms with Gasteiger partial charge in [0.2, 0.25) is 5.91 Å². The molecule has 2 aliphatic carbocycles. The fraction of sp³-hybridized carbons (Fsp3) is 0.375. The van der Waals surface area contributed by atoms with Gasteiger partial charge in [-0.2, -0.15) is 0 Å². The maximum atomic E-state index is 13.0. The number of allylic oxidation sites excluding steroid dienone is 4. The van der Waals surface area contributed by atoms with Crippen LogP contribution in [0.5, 0.6) is 0 Å². The van der Waals surface area contributed by atoms with E-state index in [0.717, 1.165) is 49.6 Å². The van der Waals surface area contributed by atoms with E-state index in [-0.39, 0.29) is 11.8 Å². The average molecular weight is 345 g/mol. The smallest absolute Gasteiger partial charge is 0.228 e. The topological polar surface area (TPSA) is 29.1 Å². The van der Waals surface area contributed by atoms with Gasteiger partial charge < -0.3 is 5.32 Å². The van der Waals surface area contributed by atoms with Crippen LogP contribution in [0.3, 0.4) is 0 Å². The van der Waals surface area contributed by atoms with Crippen LogP contribution in [-0.4, -0.2) is 5.91 Å². The molecular formula is C24H27NO. The van der Waals surface area contributed by atoms with Crippen molar-refractivity contribution in [3.63, 3.8) is 0 Å². The highest BCUT2D eigenvalue weighted by atomic mass is 16.2. The molecule has 134 valence electrons. The lowest BCUT2D eigenvalue weighted by molar-refractivity contribution is -0.117. The minimum atomic E-state index is 0.177. The molecule has 0 aliphatic heterocycles. The Morgan fingerprint density at radius 2 is 1.38 bits per heavy atom. The van der Waals surface area contributed by atoms with E-state index < -0.39 is 0 Å². The summed E-state index contributed by atoms with van der Waals surface area (Å²) < 4.78 is 0. The summed E-state index contributed by atoms with van der Waals surface area (Å²) >= 11 is 0. The molecule has 1 saturated carbocycles. The molecule has 0 spiro atoms. The van der Waals surface area contributed by atoms with E-state index in [9.17, 15) is 4.79 Å². The summed E-state index contributed by atoms with van der Waals surface area (Å²) in [6.45, 7) is 0. The quantitative estimate of drug-likeness (QED) is 0.654. The van der Waals surface area contributed by atoms with Crippen LogP contribution in [0.15, 0.2) is 66.8 Å². The number of fused-ring (bicyclic) bond motifs is 2. The van der Waals surface area contributed by atoms with Crippen molar-refractivity contribution >= 4 is 22.4 Å². The summed E-state index contributed by atoms with van der Waals surface area (Å²) in [5.74, 6) is 1.47. The Balaban J connectivity index is 1.47. The van der Waals surface area contributed by atoms with Gasteiger partial charge in [0.1, 0.15) is 0 Å². The number of benzene rings is 2. The van der Waals surface area contributed by atoms with Gasteiger partial charge in [0.05, 0.1) is 0 Å². The molecule has 2 atom stereocenters. The van der Waals surface area contributed by atoms with Crippen LogP contribution < -0.4 is 5.32 Å². The van der Waals surface area contributed by atoms with E-state index in [1.165, 1.54) is 5.39 Å². The molecule has 2 aliphatic rings. The van der Waals surface area contributed by atoms with E-state index >= 15 is 0 Å². The number of carbonyl (C=O) groups excluding carboxylic acids is 1. The monoisotopic (exact) mass is 345 g/mol. The van der Waals surface area contributed by atoms with Gasteiger partial charge in [0.15, 0.2) is 0 Å². The Labute approximate surface area is 156 Å². The second kappa shape index (κ2) is 7.90. The van der Waals surface area contributed by atoms with E-state index in [2.05, 4.69) is 47.8 Å². The summed E-state index contributed by atoms with van der Waals surface area (Å²) in [6.07, 6.45) is 15.9. The molecule has 26 heavy (non-hydrogen) atoms. The van der Waals surface area contributed by atoms with Crippen molar-refractivity contribution in [2.24, 2.45) is 17.8 Å². The highest BCUT2D eigenvalue weighted by molar-refractivity contribution is 6.03. The van der Waals surface area contributed by atoms with Crippen LogP contribution in [0.25, 0.3) is 10.8 Å². The molecule has 0 saturated heterocycles. The standard InChI is InChI=1S/C24H27NO/c26-24(25-22-17-11-13-18-12-9-10-14-19(18)22)23-20-15-7-5-3-1-2-4-6-8-16-21(20)23/h3-6,9-14,17,20-21,23H,1-2,7-8,15-16H2,(H,25,26)/b5-3-,6-4-/t20-,21-/m0/s1. The molecule has 1 amide bonds. The zero-order valence-corrected chi connectivity index (χ0v) is 15.2. The highest BCUT2D eigenvalue weighted by Gasteiger charge is 2.52. The third-order valence-electron chi connectivity index (χ3n) is 5.85. The Hall–Kier alpha value is -2.35. The molecule has 1 N–H and O–H groups in total. The predicted molar refractivity (Wildman–Crippen MR) is 109 cm³/mol. The van der Waals surface area contributed by atoms with Gasteiger partial charge in [-0.05, 0) is 61.8 Å². The Kier molecular flexibility index (Phi) is 5.19. The molecule has 4 rings (SSSR count). The van der Waals surface area contributed by atoms with Crippen LogP contribution in [0.2, 0.25) is 0 Å². The van der Waals surface area contributed by atoms with Crippen molar-refractivity contribution < 1.29 is 4.79 Å². The van der Waals surface area contributed by atoms with Crippen LogP contribution >= 0.6 is 0 Å². The number of anilines is 1. The fourth-order valence-corrected chi connectivity index (χ4v) is 4.41. The molecule has 2 nitrogen and oxygen atoms in total. The largest absolute Gasteiger partial charge is 0.325 e. The Morgan fingerprint density at radius 3 is 2.12 bits per heavy atom. The minimum Gasteiger partial charge on any atom is -0.325 e. The van der Waals surface area contributed by atoms with Gasteiger partial charge in [0, 0.05) is 17.0 Å². The molecule has 0 unspecified atom stereocenters. The summed E-state index contributed by atoms with van der Waals surface area (Å²) in [6, 6.07) is 14.4. The number of rotatable bonds is 2. The van der Waals surface area contributed by atoms with Gasteiger partial charge in [-0.3, -0.25) is 4.79 Å². The second-order valence-corrected chi connectivity index (χ2v) is 7.54. The summed E-state index contributed by atoms with van der Waals surface area (Å²) in [4.78, 5) is 13.0. The van der Waals surface area contributed by atoms with Crippen LogP contribution in [-0.2, 0) is 4.79 Å². The zero-order chi connectivity index (χ0) is 17.8. The number of hydrogen-bond acceptors (Lipinski definition) is 1. The van der Waals surface area contributed by atoms with Crippen molar-refractivity contribution in [2.45, 2.75) is 38.5 Å². The first-order valence-corrected chi connectivity index (χ1v) is 9.93. The molecule has 1 fully saturated rings. The molecule has 0 bridgehead atoms. The number of nitrogens with one attached hydrogen (secondary N) is 1. The average Bonchev–Trinajstić information content (AvgIpc) is 3.34. The van der Waals surface area contributed by atoms with Gasteiger partial charge in [0.25, 0.3) is 0 Å². The van der Waals surface area contributed by atoms with E-state index in [0.29, 0.717) is 11.8 Å². The van der Waals surface area contributed by atoms with Crippen molar-refractivity contribution in [2.75, 3.05) is 5.32 Å². The molecule has 0 heterocycles. The lowest BCUT2D eigenvalue weighted by Crippen LogP contribution is -2.16. The zero-order valence-electron chi connectivity index (χ0n) is 15.2. The first kappa shape index (κ1) is 17.1. The van der Waals surface area contributed by atoms with Crippen LogP contribution in [0.1, 0.15) is 38.5 Å². The summed E-state index contributed by atoms with van der Waals surface area (Å²) in [7, 11) is 0. The second-order valence-electron chi connectivity index (χ2n) is 7.54. The Morgan fingerprint density at radius 1 is 0.769 bits per heavy atom. The van der Waals surface area contributed by atoms with Crippen LogP contribution in [0.4, 0.5) is 5.69 Å². The van der Waals surface area contributed by atoms with E-state index in [1.807, 2.05) is 24.3 Å². The lowest BCUT2D eigenvalue weighted by Gasteiger charge is -2.09. The van der Waals surface area contributed by atoms with Gasteiger partial charge in [-0.1, -0.05) is 60.7 Å². The molecular weight excluding hydrogens is 318 g/mol. The fourth-order valence-electron chi connectivity index (χ4n) is 4.41. The third-order valence-corrected chi connectivity index (χ3v) is 5.85. The number of carbonyl (C=O) groups is 1. The van der Waals surface area contributed by atoms with Gasteiger partial charge in [-0.25, -0.2) is 0 Å². The van der Waals surface area contributed by atoms with Crippen molar-refractivity contribution in [3.8, 4) is 0 Å². The maximum Gasteiger partial charge on any atom is 0.228 e.